The number of benzene rings is 1. The molecule has 100 valence electrons. The molecular formula is C13H14Br2F2O. The minimum atomic E-state index is -0.916. The summed E-state index contributed by atoms with van der Waals surface area (Å²) in [5.41, 5.74) is 0.0607. The summed E-state index contributed by atoms with van der Waals surface area (Å²) in [5, 5.41) is 0.831. The summed E-state index contributed by atoms with van der Waals surface area (Å²) in [6.45, 7) is 0.422. The van der Waals surface area contributed by atoms with Gasteiger partial charge < -0.3 is 4.74 Å². The molecule has 0 heterocycles. The fraction of sp³-hybridized carbons (Fsp3) is 0.538. The summed E-state index contributed by atoms with van der Waals surface area (Å²) in [4.78, 5) is 0. The van der Waals surface area contributed by atoms with Crippen LogP contribution in [-0.4, -0.2) is 11.9 Å². The van der Waals surface area contributed by atoms with Gasteiger partial charge in [-0.1, -0.05) is 44.7 Å². The van der Waals surface area contributed by atoms with E-state index in [9.17, 15) is 8.78 Å². The van der Waals surface area contributed by atoms with E-state index >= 15 is 0 Å². The van der Waals surface area contributed by atoms with Crippen molar-refractivity contribution in [2.45, 2.75) is 25.7 Å². The first kappa shape index (κ1) is 14.3. The Morgan fingerprint density at radius 2 is 1.89 bits per heavy atom. The van der Waals surface area contributed by atoms with Crippen molar-refractivity contribution in [2.24, 2.45) is 5.41 Å². The third-order valence-corrected chi connectivity index (χ3v) is 5.09. The van der Waals surface area contributed by atoms with Crippen molar-refractivity contribution in [1.29, 1.82) is 0 Å². The zero-order chi connectivity index (χ0) is 13.2. The molecule has 2 rings (SSSR count). The molecule has 1 aliphatic rings. The maximum atomic E-state index is 13.6. The molecule has 1 saturated carbocycles. The van der Waals surface area contributed by atoms with Crippen molar-refractivity contribution < 1.29 is 13.5 Å². The van der Waals surface area contributed by atoms with Gasteiger partial charge in [0.25, 0.3) is 0 Å². The van der Waals surface area contributed by atoms with E-state index in [-0.39, 0.29) is 11.2 Å². The van der Waals surface area contributed by atoms with Crippen LogP contribution in [0.3, 0.4) is 0 Å². The first-order valence-electron chi connectivity index (χ1n) is 5.90. The van der Waals surface area contributed by atoms with Crippen molar-refractivity contribution >= 4 is 31.9 Å². The fourth-order valence-corrected chi connectivity index (χ4v) is 3.44. The number of rotatable bonds is 4. The molecule has 1 aliphatic carbocycles. The molecule has 0 spiro atoms. The molecule has 1 aromatic rings. The highest BCUT2D eigenvalue weighted by Crippen LogP contribution is 2.40. The molecule has 0 saturated heterocycles. The van der Waals surface area contributed by atoms with Crippen LogP contribution in [0.5, 0.6) is 5.75 Å². The Hall–Kier alpha value is -0.160. The van der Waals surface area contributed by atoms with Crippen LogP contribution in [0.1, 0.15) is 25.7 Å². The van der Waals surface area contributed by atoms with Crippen LogP contribution in [-0.2, 0) is 0 Å². The molecule has 1 fully saturated rings. The normalized spacial score (nSPS) is 18.0. The molecule has 0 N–H and O–H groups in total. The van der Waals surface area contributed by atoms with Gasteiger partial charge in [-0.2, -0.15) is 4.39 Å². The van der Waals surface area contributed by atoms with Gasteiger partial charge in [-0.05, 0) is 25.0 Å². The summed E-state index contributed by atoms with van der Waals surface area (Å²) < 4.78 is 32.8. The van der Waals surface area contributed by atoms with Crippen molar-refractivity contribution in [2.75, 3.05) is 11.9 Å². The second-order valence-electron chi connectivity index (χ2n) is 4.83. The smallest absolute Gasteiger partial charge is 0.200 e. The van der Waals surface area contributed by atoms with E-state index in [0.717, 1.165) is 24.2 Å². The van der Waals surface area contributed by atoms with Crippen molar-refractivity contribution in [3.8, 4) is 5.75 Å². The van der Waals surface area contributed by atoms with E-state index in [1.807, 2.05) is 0 Å². The molecule has 1 aromatic carbocycles. The Bertz CT molecular complexity index is 431. The van der Waals surface area contributed by atoms with E-state index in [4.69, 9.17) is 4.74 Å². The minimum Gasteiger partial charge on any atom is -0.490 e. The van der Waals surface area contributed by atoms with Gasteiger partial charge in [0.1, 0.15) is 0 Å². The summed E-state index contributed by atoms with van der Waals surface area (Å²) in [7, 11) is 0. The van der Waals surface area contributed by atoms with Crippen LogP contribution in [0.2, 0.25) is 0 Å². The predicted octanol–water partition coefficient (Wildman–Crippen LogP) is 5.06. The average Bonchev–Trinajstić information content (AvgIpc) is 2.81. The lowest BCUT2D eigenvalue weighted by atomic mass is 9.90. The number of halogens is 4. The van der Waals surface area contributed by atoms with E-state index in [1.165, 1.54) is 18.9 Å². The van der Waals surface area contributed by atoms with Gasteiger partial charge in [0, 0.05) is 15.2 Å². The molecule has 0 unspecified atom stereocenters. The third-order valence-electron chi connectivity index (χ3n) is 3.44. The first-order chi connectivity index (χ1) is 8.56. The van der Waals surface area contributed by atoms with E-state index in [1.54, 1.807) is 0 Å². The molecule has 0 aliphatic heterocycles. The van der Waals surface area contributed by atoms with Crippen LogP contribution in [0.4, 0.5) is 8.78 Å². The van der Waals surface area contributed by atoms with Crippen LogP contribution in [0, 0.1) is 17.0 Å². The van der Waals surface area contributed by atoms with E-state index in [2.05, 4.69) is 31.9 Å². The molecule has 18 heavy (non-hydrogen) atoms. The Labute approximate surface area is 122 Å². The Morgan fingerprint density at radius 1 is 1.22 bits per heavy atom. The molecule has 5 heteroatoms. The molecular weight excluding hydrogens is 370 g/mol. The molecule has 0 bridgehead atoms. The minimum absolute atomic E-state index is 0.0194. The SMILES string of the molecule is Fc1cc(Br)cc(OCC2(CBr)CCCC2)c1F. The Balaban J connectivity index is 2.10. The van der Waals surface area contributed by atoms with Crippen LogP contribution in [0.15, 0.2) is 16.6 Å². The summed E-state index contributed by atoms with van der Waals surface area (Å²) >= 11 is 6.63. The van der Waals surface area contributed by atoms with Gasteiger partial charge in [0.15, 0.2) is 11.6 Å². The Kier molecular flexibility index (Phi) is 4.64. The standard InChI is InChI=1S/C13H14Br2F2O/c14-7-13(3-1-2-4-13)8-18-11-6-9(15)5-10(16)12(11)17/h5-6H,1-4,7-8H2. The number of hydrogen-bond donors (Lipinski definition) is 0. The fourth-order valence-electron chi connectivity index (χ4n) is 2.31. The molecule has 1 nitrogen and oxygen atoms in total. The van der Waals surface area contributed by atoms with Gasteiger partial charge in [0.2, 0.25) is 5.82 Å². The number of alkyl halides is 1. The highest BCUT2D eigenvalue weighted by atomic mass is 79.9. The third kappa shape index (κ3) is 3.05. The lowest BCUT2D eigenvalue weighted by Crippen LogP contribution is -2.27. The van der Waals surface area contributed by atoms with Gasteiger partial charge in [-0.3, -0.25) is 0 Å². The zero-order valence-corrected chi connectivity index (χ0v) is 13.0. The van der Waals surface area contributed by atoms with Gasteiger partial charge in [0.05, 0.1) is 6.61 Å². The largest absolute Gasteiger partial charge is 0.490 e. The summed E-state index contributed by atoms with van der Waals surface area (Å²) in [5.74, 6) is -1.83. The van der Waals surface area contributed by atoms with E-state index < -0.39 is 11.6 Å². The molecule has 0 amide bonds. The highest BCUT2D eigenvalue weighted by molar-refractivity contribution is 9.10. The van der Waals surface area contributed by atoms with Crippen molar-refractivity contribution in [3.63, 3.8) is 0 Å². The lowest BCUT2D eigenvalue weighted by molar-refractivity contribution is 0.167. The second kappa shape index (κ2) is 5.87. The van der Waals surface area contributed by atoms with Crippen molar-refractivity contribution in [3.05, 3.63) is 28.2 Å². The average molecular weight is 384 g/mol. The molecule has 0 aromatic heterocycles. The highest BCUT2D eigenvalue weighted by Gasteiger charge is 2.34. The Morgan fingerprint density at radius 3 is 2.50 bits per heavy atom. The second-order valence-corrected chi connectivity index (χ2v) is 6.31. The monoisotopic (exact) mass is 382 g/mol. The zero-order valence-electron chi connectivity index (χ0n) is 9.82. The van der Waals surface area contributed by atoms with Crippen LogP contribution >= 0.6 is 31.9 Å². The van der Waals surface area contributed by atoms with Gasteiger partial charge >= 0.3 is 0 Å². The van der Waals surface area contributed by atoms with Gasteiger partial charge in [-0.15, -0.1) is 0 Å². The first-order valence-corrected chi connectivity index (χ1v) is 7.81. The summed E-state index contributed by atoms with van der Waals surface area (Å²) in [6, 6.07) is 2.56. The maximum absolute atomic E-state index is 13.6. The molecule has 0 radical (unpaired) electrons. The quantitative estimate of drug-likeness (QED) is 0.521. The maximum Gasteiger partial charge on any atom is 0.200 e. The van der Waals surface area contributed by atoms with Gasteiger partial charge in [-0.25, -0.2) is 4.39 Å². The van der Waals surface area contributed by atoms with Crippen molar-refractivity contribution in [1.82, 2.24) is 0 Å². The topological polar surface area (TPSA) is 9.23 Å². The van der Waals surface area contributed by atoms with E-state index in [0.29, 0.717) is 11.1 Å². The van der Waals surface area contributed by atoms with Crippen LogP contribution in [0.25, 0.3) is 0 Å². The summed E-state index contributed by atoms with van der Waals surface area (Å²) in [6.07, 6.45) is 4.47. The molecule has 0 atom stereocenters. The lowest BCUT2D eigenvalue weighted by Gasteiger charge is -2.26. The number of ether oxygens (including phenoxy) is 1. The predicted molar refractivity (Wildman–Crippen MR) is 74.2 cm³/mol. The number of hydrogen-bond acceptors (Lipinski definition) is 1. The van der Waals surface area contributed by atoms with Crippen LogP contribution < -0.4 is 4.74 Å².